The zero-order valence-corrected chi connectivity index (χ0v) is 10.1. The zero-order valence-electron chi connectivity index (χ0n) is 10.1. The summed E-state index contributed by atoms with van der Waals surface area (Å²) in [7, 11) is 0. The predicted octanol–water partition coefficient (Wildman–Crippen LogP) is 2.83. The van der Waals surface area contributed by atoms with Crippen molar-refractivity contribution in [2.45, 2.75) is 25.1 Å². The van der Waals surface area contributed by atoms with Crippen molar-refractivity contribution in [3.8, 4) is 0 Å². The Balaban J connectivity index is 2.23. The van der Waals surface area contributed by atoms with E-state index in [1.807, 2.05) is 0 Å². The van der Waals surface area contributed by atoms with E-state index in [4.69, 9.17) is 5.11 Å². The van der Waals surface area contributed by atoms with Gasteiger partial charge in [0.15, 0.2) is 0 Å². The second-order valence-electron chi connectivity index (χ2n) is 4.64. The van der Waals surface area contributed by atoms with Crippen LogP contribution in [-0.2, 0) is 11.0 Å². The lowest BCUT2D eigenvalue weighted by Crippen LogP contribution is -2.38. The molecule has 2 rings (SSSR count). The molecule has 0 radical (unpaired) electrons. The van der Waals surface area contributed by atoms with Gasteiger partial charge in [-0.05, 0) is 37.1 Å². The molecule has 1 saturated heterocycles. The van der Waals surface area contributed by atoms with Gasteiger partial charge in [0.05, 0.1) is 11.5 Å². The van der Waals surface area contributed by atoms with Crippen molar-refractivity contribution in [1.82, 2.24) is 5.32 Å². The lowest BCUT2D eigenvalue weighted by Gasteiger charge is -2.30. The Kier molecular flexibility index (Phi) is 3.80. The molecule has 19 heavy (non-hydrogen) atoms. The number of piperidine rings is 1. The molecule has 0 spiro atoms. The number of alkyl halides is 3. The van der Waals surface area contributed by atoms with Crippen LogP contribution in [0.3, 0.4) is 0 Å². The molecule has 1 heterocycles. The topological polar surface area (TPSA) is 49.3 Å². The van der Waals surface area contributed by atoms with Gasteiger partial charge in [-0.3, -0.25) is 4.79 Å². The van der Waals surface area contributed by atoms with Gasteiger partial charge < -0.3 is 10.4 Å². The number of carboxylic acids is 1. The summed E-state index contributed by atoms with van der Waals surface area (Å²) < 4.78 is 37.4. The van der Waals surface area contributed by atoms with Crippen molar-refractivity contribution in [2.75, 3.05) is 6.54 Å². The predicted molar refractivity (Wildman–Crippen MR) is 62.5 cm³/mol. The number of aliphatic carboxylic acids is 1. The third kappa shape index (κ3) is 3.07. The van der Waals surface area contributed by atoms with Crippen molar-refractivity contribution in [1.29, 1.82) is 0 Å². The standard InChI is InChI=1S/C13H14F3NO2/c14-13(15,16)9-5-3-8(4-6-9)11-10(12(18)19)2-1-7-17-11/h3-6,10-11,17H,1-2,7H2,(H,18,19)/t10-,11-/m0/s1. The highest BCUT2D eigenvalue weighted by atomic mass is 19.4. The van der Waals surface area contributed by atoms with E-state index in [1.54, 1.807) is 0 Å². The van der Waals surface area contributed by atoms with Crippen LogP contribution < -0.4 is 5.32 Å². The average molecular weight is 273 g/mol. The molecule has 1 aliphatic heterocycles. The summed E-state index contributed by atoms with van der Waals surface area (Å²) in [5, 5.41) is 12.2. The lowest BCUT2D eigenvalue weighted by molar-refractivity contribution is -0.144. The van der Waals surface area contributed by atoms with Crippen LogP contribution in [0, 0.1) is 5.92 Å². The molecule has 3 nitrogen and oxygen atoms in total. The van der Waals surface area contributed by atoms with E-state index in [0.717, 1.165) is 18.6 Å². The fraction of sp³-hybridized carbons (Fsp3) is 0.462. The monoisotopic (exact) mass is 273 g/mol. The van der Waals surface area contributed by atoms with Gasteiger partial charge in [-0.1, -0.05) is 12.1 Å². The molecule has 0 aromatic heterocycles. The first-order valence-electron chi connectivity index (χ1n) is 6.03. The van der Waals surface area contributed by atoms with E-state index >= 15 is 0 Å². The highest BCUT2D eigenvalue weighted by molar-refractivity contribution is 5.71. The summed E-state index contributed by atoms with van der Waals surface area (Å²) in [5.74, 6) is -1.51. The van der Waals surface area contributed by atoms with Gasteiger partial charge in [-0.2, -0.15) is 13.2 Å². The lowest BCUT2D eigenvalue weighted by atomic mass is 9.86. The molecule has 2 N–H and O–H groups in total. The minimum atomic E-state index is -4.37. The zero-order chi connectivity index (χ0) is 14.0. The van der Waals surface area contributed by atoms with E-state index < -0.39 is 29.7 Å². The Labute approximate surface area is 108 Å². The number of nitrogens with one attached hydrogen (secondary N) is 1. The normalized spacial score (nSPS) is 24.2. The number of hydrogen-bond acceptors (Lipinski definition) is 2. The largest absolute Gasteiger partial charge is 0.481 e. The highest BCUT2D eigenvalue weighted by Crippen LogP contribution is 2.33. The Morgan fingerprint density at radius 2 is 1.89 bits per heavy atom. The second-order valence-corrected chi connectivity index (χ2v) is 4.64. The van der Waals surface area contributed by atoms with Gasteiger partial charge in [0.2, 0.25) is 0 Å². The first kappa shape index (κ1) is 13.9. The fourth-order valence-corrected chi connectivity index (χ4v) is 2.38. The maximum atomic E-state index is 12.5. The molecule has 0 amide bonds. The number of carbonyl (C=O) groups is 1. The van der Waals surface area contributed by atoms with Crippen LogP contribution in [-0.4, -0.2) is 17.6 Å². The molecule has 6 heteroatoms. The quantitative estimate of drug-likeness (QED) is 0.871. The highest BCUT2D eigenvalue weighted by Gasteiger charge is 2.33. The minimum absolute atomic E-state index is 0.423. The Hall–Kier alpha value is -1.56. The van der Waals surface area contributed by atoms with Crippen LogP contribution in [0.5, 0.6) is 0 Å². The van der Waals surface area contributed by atoms with Crippen LogP contribution in [0.1, 0.15) is 30.0 Å². The molecule has 0 unspecified atom stereocenters. The molecule has 1 aromatic rings. The molecule has 104 valence electrons. The fourth-order valence-electron chi connectivity index (χ4n) is 2.38. The number of carboxylic acid groups (broad SMARTS) is 1. The van der Waals surface area contributed by atoms with Crippen LogP contribution >= 0.6 is 0 Å². The summed E-state index contributed by atoms with van der Waals surface area (Å²) in [6.07, 6.45) is -3.08. The average Bonchev–Trinajstić information content (AvgIpc) is 2.38. The summed E-state index contributed by atoms with van der Waals surface area (Å²) in [4.78, 5) is 11.1. The van der Waals surface area contributed by atoms with Crippen LogP contribution in [0.15, 0.2) is 24.3 Å². The summed E-state index contributed by atoms with van der Waals surface area (Å²) >= 11 is 0. The SMILES string of the molecule is O=C(O)[C@H]1CCCN[C@H]1c1ccc(C(F)(F)F)cc1. The van der Waals surface area contributed by atoms with Gasteiger partial charge >= 0.3 is 12.1 Å². The summed E-state index contributed by atoms with van der Waals surface area (Å²) in [5.41, 5.74) is -0.140. The van der Waals surface area contributed by atoms with Crippen molar-refractivity contribution >= 4 is 5.97 Å². The van der Waals surface area contributed by atoms with Crippen molar-refractivity contribution in [2.24, 2.45) is 5.92 Å². The van der Waals surface area contributed by atoms with Gasteiger partial charge in [-0.25, -0.2) is 0 Å². The molecule has 1 aromatic carbocycles. The number of rotatable bonds is 2. The summed E-state index contributed by atoms with van der Waals surface area (Å²) in [6, 6.07) is 4.26. The van der Waals surface area contributed by atoms with Crippen molar-refractivity contribution in [3.05, 3.63) is 35.4 Å². The van der Waals surface area contributed by atoms with E-state index in [9.17, 15) is 18.0 Å². The number of hydrogen-bond donors (Lipinski definition) is 2. The number of halogens is 3. The minimum Gasteiger partial charge on any atom is -0.481 e. The van der Waals surface area contributed by atoms with Gasteiger partial charge in [0, 0.05) is 6.04 Å². The van der Waals surface area contributed by atoms with Crippen molar-refractivity contribution < 1.29 is 23.1 Å². The van der Waals surface area contributed by atoms with E-state index in [2.05, 4.69) is 5.32 Å². The molecular formula is C13H14F3NO2. The first-order valence-corrected chi connectivity index (χ1v) is 6.03. The second kappa shape index (κ2) is 5.21. The molecule has 1 aliphatic rings. The Morgan fingerprint density at radius 3 is 2.42 bits per heavy atom. The maximum absolute atomic E-state index is 12.5. The van der Waals surface area contributed by atoms with Gasteiger partial charge in [-0.15, -0.1) is 0 Å². The molecule has 2 atom stereocenters. The Morgan fingerprint density at radius 1 is 1.26 bits per heavy atom. The van der Waals surface area contributed by atoms with Crippen molar-refractivity contribution in [3.63, 3.8) is 0 Å². The third-order valence-electron chi connectivity index (χ3n) is 3.37. The van der Waals surface area contributed by atoms with Gasteiger partial charge in [0.25, 0.3) is 0 Å². The summed E-state index contributed by atoms with van der Waals surface area (Å²) in [6.45, 7) is 0.676. The van der Waals surface area contributed by atoms with Crippen LogP contribution in [0.25, 0.3) is 0 Å². The molecule has 0 bridgehead atoms. The van der Waals surface area contributed by atoms with Gasteiger partial charge in [0.1, 0.15) is 0 Å². The van der Waals surface area contributed by atoms with Crippen LogP contribution in [0.2, 0.25) is 0 Å². The maximum Gasteiger partial charge on any atom is 0.416 e. The van der Waals surface area contributed by atoms with E-state index in [1.165, 1.54) is 12.1 Å². The smallest absolute Gasteiger partial charge is 0.416 e. The van der Waals surface area contributed by atoms with E-state index in [-0.39, 0.29) is 0 Å². The first-order chi connectivity index (χ1) is 8.89. The van der Waals surface area contributed by atoms with E-state index in [0.29, 0.717) is 18.5 Å². The third-order valence-corrected chi connectivity index (χ3v) is 3.37. The van der Waals surface area contributed by atoms with Crippen LogP contribution in [0.4, 0.5) is 13.2 Å². The molecular weight excluding hydrogens is 259 g/mol. The molecule has 0 aliphatic carbocycles. The Bertz CT molecular complexity index is 456. The number of benzene rings is 1. The molecule has 1 fully saturated rings. The molecule has 0 saturated carbocycles.